The molecule has 0 bridgehead atoms. The minimum absolute atomic E-state index is 0.00508. The highest BCUT2D eigenvalue weighted by molar-refractivity contribution is 6.21. The van der Waals surface area contributed by atoms with Crippen LogP contribution in [0.25, 0.3) is 0 Å². The number of ether oxygens (including phenoxy) is 1. The van der Waals surface area contributed by atoms with E-state index in [1.54, 1.807) is 0 Å². The smallest absolute Gasteiger partial charge is 0.338 e. The molecular formula is C12H9NO5. The first-order valence-electron chi connectivity index (χ1n) is 5.02. The van der Waals surface area contributed by atoms with Gasteiger partial charge in [-0.25, -0.2) is 4.79 Å². The number of amides is 2. The molecule has 0 saturated carbocycles. The largest absolute Gasteiger partial charge is 0.422 e. The number of hydrogen-bond acceptors (Lipinski definition) is 5. The molecule has 0 aromatic heterocycles. The van der Waals surface area contributed by atoms with E-state index < -0.39 is 17.8 Å². The highest BCUT2D eigenvalue weighted by Gasteiger charge is 2.38. The van der Waals surface area contributed by atoms with E-state index in [9.17, 15) is 19.6 Å². The summed E-state index contributed by atoms with van der Waals surface area (Å²) in [6, 6.07) is 4.18. The maximum Gasteiger partial charge on any atom is 0.338 e. The van der Waals surface area contributed by atoms with E-state index in [1.807, 2.05) is 0 Å². The van der Waals surface area contributed by atoms with E-state index in [2.05, 4.69) is 6.58 Å². The van der Waals surface area contributed by atoms with Crippen LogP contribution in [0.2, 0.25) is 0 Å². The number of hydrogen-bond donors (Lipinski definition) is 1. The first-order valence-corrected chi connectivity index (χ1v) is 5.02. The van der Waals surface area contributed by atoms with Gasteiger partial charge in [0.2, 0.25) is 0 Å². The molecule has 0 saturated heterocycles. The minimum atomic E-state index is -0.917. The molecule has 1 aliphatic heterocycles. The van der Waals surface area contributed by atoms with Gasteiger partial charge in [0.05, 0.1) is 11.1 Å². The van der Waals surface area contributed by atoms with Gasteiger partial charge in [-0.1, -0.05) is 12.6 Å². The fraction of sp³-hybridized carbons (Fsp3) is 0.0833. The van der Waals surface area contributed by atoms with E-state index in [4.69, 9.17) is 4.74 Å². The average molecular weight is 247 g/mol. The lowest BCUT2D eigenvalue weighted by molar-refractivity contribution is -0.130. The van der Waals surface area contributed by atoms with Crippen LogP contribution >= 0.6 is 0 Å². The number of imide groups is 1. The van der Waals surface area contributed by atoms with Crippen LogP contribution < -0.4 is 4.74 Å². The van der Waals surface area contributed by atoms with E-state index in [1.165, 1.54) is 25.1 Å². The Bertz CT molecular complexity index is 590. The monoisotopic (exact) mass is 247 g/mol. The fourth-order valence-electron chi connectivity index (χ4n) is 1.51. The van der Waals surface area contributed by atoms with Crippen LogP contribution in [0.4, 0.5) is 0 Å². The summed E-state index contributed by atoms with van der Waals surface area (Å²) in [7, 11) is 0. The van der Waals surface area contributed by atoms with Gasteiger partial charge in [0.25, 0.3) is 11.8 Å². The van der Waals surface area contributed by atoms with Crippen molar-refractivity contribution in [2.75, 3.05) is 0 Å². The summed E-state index contributed by atoms with van der Waals surface area (Å²) in [6.07, 6.45) is 0. The van der Waals surface area contributed by atoms with Crippen LogP contribution in [-0.2, 0) is 4.79 Å². The van der Waals surface area contributed by atoms with E-state index in [0.717, 1.165) is 0 Å². The van der Waals surface area contributed by atoms with Gasteiger partial charge in [0, 0.05) is 5.57 Å². The van der Waals surface area contributed by atoms with Crippen molar-refractivity contribution in [3.05, 3.63) is 41.5 Å². The first-order chi connectivity index (χ1) is 8.43. The summed E-state index contributed by atoms with van der Waals surface area (Å²) in [6.45, 7) is 4.86. The second-order valence-corrected chi connectivity index (χ2v) is 3.77. The molecule has 2 amide bonds. The van der Waals surface area contributed by atoms with Gasteiger partial charge in [-0.3, -0.25) is 14.8 Å². The predicted octanol–water partition coefficient (Wildman–Crippen LogP) is 1.15. The van der Waals surface area contributed by atoms with Gasteiger partial charge in [0.15, 0.2) is 0 Å². The maximum absolute atomic E-state index is 11.6. The molecule has 0 spiro atoms. The number of carbonyl (C=O) groups excluding carboxylic acids is 3. The Morgan fingerprint density at radius 3 is 2.61 bits per heavy atom. The summed E-state index contributed by atoms with van der Waals surface area (Å²) >= 11 is 0. The van der Waals surface area contributed by atoms with Crippen molar-refractivity contribution in [1.29, 1.82) is 0 Å². The molecule has 0 fully saturated rings. The third kappa shape index (κ3) is 1.68. The highest BCUT2D eigenvalue weighted by atomic mass is 16.5. The van der Waals surface area contributed by atoms with Crippen LogP contribution in [0.1, 0.15) is 27.6 Å². The average Bonchev–Trinajstić information content (AvgIpc) is 2.55. The van der Waals surface area contributed by atoms with Gasteiger partial charge < -0.3 is 4.74 Å². The molecule has 0 aliphatic carbocycles. The van der Waals surface area contributed by atoms with Crippen molar-refractivity contribution in [1.82, 2.24) is 5.06 Å². The standard InChI is InChI=1S/C12H9NO5/c1-6(2)12(16)18-8-5-3-4-7-9(8)11(15)13(17)10(7)14/h3-5,17H,1H2,2H3. The van der Waals surface area contributed by atoms with Crippen molar-refractivity contribution in [3.8, 4) is 5.75 Å². The molecule has 1 N–H and O–H groups in total. The van der Waals surface area contributed by atoms with Crippen LogP contribution in [0, 0.1) is 0 Å². The Hall–Kier alpha value is -2.47. The van der Waals surface area contributed by atoms with Gasteiger partial charge in [0.1, 0.15) is 5.75 Å². The number of esters is 1. The van der Waals surface area contributed by atoms with Crippen molar-refractivity contribution in [3.63, 3.8) is 0 Å². The zero-order chi connectivity index (χ0) is 13.4. The third-order valence-electron chi connectivity index (χ3n) is 2.41. The highest BCUT2D eigenvalue weighted by Crippen LogP contribution is 2.30. The zero-order valence-corrected chi connectivity index (χ0v) is 9.47. The van der Waals surface area contributed by atoms with Crippen molar-refractivity contribution in [2.45, 2.75) is 6.92 Å². The topological polar surface area (TPSA) is 83.9 Å². The summed E-state index contributed by atoms with van der Waals surface area (Å²) in [5, 5.41) is 9.22. The molecule has 1 aromatic rings. The molecular weight excluding hydrogens is 238 g/mol. The van der Waals surface area contributed by atoms with E-state index in [0.29, 0.717) is 0 Å². The molecule has 92 valence electrons. The van der Waals surface area contributed by atoms with Crippen molar-refractivity contribution >= 4 is 17.8 Å². The SMILES string of the molecule is C=C(C)C(=O)Oc1cccc2c1C(=O)N(O)C2=O. The van der Waals surface area contributed by atoms with Crippen molar-refractivity contribution < 1.29 is 24.3 Å². The molecule has 6 nitrogen and oxygen atoms in total. The van der Waals surface area contributed by atoms with Crippen molar-refractivity contribution in [2.24, 2.45) is 0 Å². The number of nitrogens with zero attached hydrogens (tertiary/aromatic N) is 1. The number of benzene rings is 1. The van der Waals surface area contributed by atoms with Crippen LogP contribution in [0.5, 0.6) is 5.75 Å². The van der Waals surface area contributed by atoms with Crippen LogP contribution in [0.15, 0.2) is 30.4 Å². The van der Waals surface area contributed by atoms with Crippen LogP contribution in [0.3, 0.4) is 0 Å². The first kappa shape index (κ1) is 12.0. The molecule has 18 heavy (non-hydrogen) atoms. The Kier molecular flexibility index (Phi) is 2.72. The van der Waals surface area contributed by atoms with Gasteiger partial charge in [-0.15, -0.1) is 5.06 Å². The summed E-state index contributed by atoms with van der Waals surface area (Å²) < 4.78 is 4.94. The molecule has 1 aromatic carbocycles. The van der Waals surface area contributed by atoms with E-state index >= 15 is 0 Å². The summed E-state index contributed by atoms with van der Waals surface area (Å²) in [4.78, 5) is 34.5. The maximum atomic E-state index is 11.6. The zero-order valence-electron chi connectivity index (χ0n) is 9.47. The van der Waals surface area contributed by atoms with Gasteiger partial charge >= 0.3 is 5.97 Å². The Balaban J connectivity index is 2.48. The quantitative estimate of drug-likeness (QED) is 0.278. The Labute approximate surface area is 102 Å². The summed E-state index contributed by atoms with van der Waals surface area (Å²) in [5.41, 5.74) is 0.0272. The van der Waals surface area contributed by atoms with E-state index in [-0.39, 0.29) is 27.5 Å². The number of hydroxylamine groups is 2. The number of carbonyl (C=O) groups is 3. The number of fused-ring (bicyclic) bond motifs is 1. The lowest BCUT2D eigenvalue weighted by Gasteiger charge is -2.06. The summed E-state index contributed by atoms with van der Waals surface area (Å²) in [5.74, 6) is -2.54. The second-order valence-electron chi connectivity index (χ2n) is 3.77. The molecule has 0 atom stereocenters. The fourth-order valence-corrected chi connectivity index (χ4v) is 1.51. The number of rotatable bonds is 2. The second kappa shape index (κ2) is 4.08. The van der Waals surface area contributed by atoms with Gasteiger partial charge in [-0.05, 0) is 19.1 Å². The molecule has 0 unspecified atom stereocenters. The third-order valence-corrected chi connectivity index (χ3v) is 2.41. The normalized spacial score (nSPS) is 13.6. The lowest BCUT2D eigenvalue weighted by Crippen LogP contribution is -2.25. The Morgan fingerprint density at radius 1 is 1.33 bits per heavy atom. The lowest BCUT2D eigenvalue weighted by atomic mass is 10.1. The molecule has 0 radical (unpaired) electrons. The molecule has 1 aliphatic rings. The molecule has 2 rings (SSSR count). The van der Waals surface area contributed by atoms with Gasteiger partial charge in [-0.2, -0.15) is 0 Å². The minimum Gasteiger partial charge on any atom is -0.422 e. The molecule has 6 heteroatoms. The predicted molar refractivity (Wildman–Crippen MR) is 59.2 cm³/mol. The Morgan fingerprint density at radius 2 is 2.00 bits per heavy atom. The molecule has 1 heterocycles. The van der Waals surface area contributed by atoms with Crippen LogP contribution in [-0.4, -0.2) is 28.1 Å².